The highest BCUT2D eigenvalue weighted by atomic mass is 32.2. The fourth-order valence-electron chi connectivity index (χ4n) is 2.90. The average molecular weight is 522 g/mol. The fourth-order valence-corrected chi connectivity index (χ4v) is 4.41. The van der Waals surface area contributed by atoms with E-state index in [1.54, 1.807) is 50.5 Å². The zero-order valence-electron chi connectivity index (χ0n) is 22.9. The number of ether oxygens (including phenoxy) is 1. The molecule has 0 aliphatic rings. The van der Waals surface area contributed by atoms with E-state index in [9.17, 15) is 13.2 Å². The maximum absolute atomic E-state index is 13.0. The molecule has 0 heterocycles. The van der Waals surface area contributed by atoms with Gasteiger partial charge in [-0.1, -0.05) is 31.1 Å². The number of carboxylic acid groups (broad SMARTS) is 1. The SMILES string of the molecule is C#CC.C/C=C(\C=C(C)C)S(=O)(=O)C(/C=C\CC)=C/C=C/OCCCCCNCCCCCC(=O)O. The van der Waals surface area contributed by atoms with Crippen molar-refractivity contribution in [1.82, 2.24) is 5.32 Å². The molecule has 0 rings (SSSR count). The Hall–Kier alpha value is -2.56. The standard InChI is InChI=1S/C26H43NO5S.C3H4/c1-5-7-15-25(33(30,31)24(6-2)22-23(3)4)16-14-21-32-20-13-9-12-19-27-18-11-8-10-17-26(28)29;1-3-2/h6-7,14-16,21-22,27H,5,8-13,17-20H2,1-4H3,(H,28,29);1H,2H3/b15-7-,21-14+,24-6+,25-16+;. The second-order valence-electron chi connectivity index (χ2n) is 8.30. The second-order valence-corrected chi connectivity index (χ2v) is 10.2. The maximum atomic E-state index is 13.0. The van der Waals surface area contributed by atoms with Crippen molar-refractivity contribution in [2.75, 3.05) is 19.7 Å². The summed E-state index contributed by atoms with van der Waals surface area (Å²) < 4.78 is 31.4. The molecular weight excluding hydrogens is 474 g/mol. The number of rotatable bonds is 19. The highest BCUT2D eigenvalue weighted by Gasteiger charge is 2.18. The number of hydrogen-bond acceptors (Lipinski definition) is 5. The predicted octanol–water partition coefficient (Wildman–Crippen LogP) is 6.70. The number of sulfone groups is 1. The van der Waals surface area contributed by atoms with Crippen molar-refractivity contribution < 1.29 is 23.1 Å². The normalized spacial score (nSPS) is 12.2. The summed E-state index contributed by atoms with van der Waals surface area (Å²) >= 11 is 0. The minimum absolute atomic E-state index is 0.240. The van der Waals surface area contributed by atoms with Crippen LogP contribution in [0.4, 0.5) is 0 Å². The van der Waals surface area contributed by atoms with Crippen molar-refractivity contribution in [1.29, 1.82) is 0 Å². The number of unbranched alkanes of at least 4 members (excludes halogenated alkanes) is 4. The van der Waals surface area contributed by atoms with Gasteiger partial charge in [0.25, 0.3) is 0 Å². The van der Waals surface area contributed by atoms with Crippen molar-refractivity contribution in [2.24, 2.45) is 0 Å². The summed E-state index contributed by atoms with van der Waals surface area (Å²) in [6.45, 7) is 11.5. The Bertz CT molecular complexity index is 883. The van der Waals surface area contributed by atoms with Crippen LogP contribution in [0.2, 0.25) is 0 Å². The van der Waals surface area contributed by atoms with Crippen LogP contribution in [0, 0.1) is 12.3 Å². The van der Waals surface area contributed by atoms with Gasteiger partial charge >= 0.3 is 5.97 Å². The quantitative estimate of drug-likeness (QED) is 0.0851. The lowest BCUT2D eigenvalue weighted by atomic mass is 10.2. The molecule has 0 saturated heterocycles. The molecule has 0 radical (unpaired) electrons. The Morgan fingerprint density at radius 1 is 1.06 bits per heavy atom. The zero-order valence-corrected chi connectivity index (χ0v) is 23.7. The minimum atomic E-state index is -3.58. The van der Waals surface area contributed by atoms with Crippen LogP contribution in [0.1, 0.15) is 86.0 Å². The summed E-state index contributed by atoms with van der Waals surface area (Å²) in [6.07, 6.45) is 22.8. The molecule has 36 heavy (non-hydrogen) atoms. The number of carboxylic acids is 1. The molecule has 0 amide bonds. The molecule has 0 bridgehead atoms. The van der Waals surface area contributed by atoms with E-state index in [4.69, 9.17) is 9.84 Å². The molecule has 0 aromatic rings. The number of nitrogens with one attached hydrogen (secondary N) is 1. The molecule has 0 unspecified atom stereocenters. The van der Waals surface area contributed by atoms with E-state index in [0.717, 1.165) is 63.6 Å². The van der Waals surface area contributed by atoms with E-state index in [1.807, 2.05) is 26.8 Å². The lowest BCUT2D eigenvalue weighted by molar-refractivity contribution is -0.137. The zero-order chi connectivity index (χ0) is 27.7. The van der Waals surface area contributed by atoms with Crippen LogP contribution >= 0.6 is 0 Å². The predicted molar refractivity (Wildman–Crippen MR) is 152 cm³/mol. The maximum Gasteiger partial charge on any atom is 0.303 e. The van der Waals surface area contributed by atoms with Crippen LogP contribution in [0.25, 0.3) is 0 Å². The van der Waals surface area contributed by atoms with Crippen LogP contribution in [-0.2, 0) is 19.4 Å². The van der Waals surface area contributed by atoms with Gasteiger partial charge < -0.3 is 15.2 Å². The first-order valence-corrected chi connectivity index (χ1v) is 14.2. The lowest BCUT2D eigenvalue weighted by Crippen LogP contribution is -2.16. The van der Waals surface area contributed by atoms with Crippen molar-refractivity contribution in [3.8, 4) is 12.3 Å². The van der Waals surface area contributed by atoms with Gasteiger partial charge in [-0.3, -0.25) is 4.79 Å². The van der Waals surface area contributed by atoms with Crippen molar-refractivity contribution >= 4 is 15.8 Å². The minimum Gasteiger partial charge on any atom is -0.501 e. The van der Waals surface area contributed by atoms with Gasteiger partial charge in [0.05, 0.1) is 22.7 Å². The summed E-state index contributed by atoms with van der Waals surface area (Å²) in [5.74, 6) is 1.53. The topological polar surface area (TPSA) is 92.7 Å². The number of aliphatic carboxylic acids is 1. The van der Waals surface area contributed by atoms with Gasteiger partial charge in [-0.15, -0.1) is 12.3 Å². The molecular formula is C29H47NO5S. The Kier molecular flexibility index (Phi) is 23.9. The van der Waals surface area contributed by atoms with Gasteiger partial charge in [0.15, 0.2) is 0 Å². The highest BCUT2D eigenvalue weighted by molar-refractivity contribution is 7.99. The van der Waals surface area contributed by atoms with Crippen LogP contribution in [-0.4, -0.2) is 39.2 Å². The third-order valence-electron chi connectivity index (χ3n) is 4.65. The number of allylic oxidation sites excluding steroid dienone is 7. The van der Waals surface area contributed by atoms with Crippen LogP contribution in [0.5, 0.6) is 0 Å². The van der Waals surface area contributed by atoms with E-state index in [0.29, 0.717) is 6.61 Å². The summed E-state index contributed by atoms with van der Waals surface area (Å²) in [5, 5.41) is 12.0. The van der Waals surface area contributed by atoms with Crippen molar-refractivity contribution in [3.63, 3.8) is 0 Å². The van der Waals surface area contributed by atoms with Gasteiger partial charge in [-0.2, -0.15) is 0 Å². The van der Waals surface area contributed by atoms with Gasteiger partial charge in [0.1, 0.15) is 0 Å². The molecule has 6 nitrogen and oxygen atoms in total. The average Bonchev–Trinajstić information content (AvgIpc) is 2.81. The van der Waals surface area contributed by atoms with E-state index >= 15 is 0 Å². The smallest absolute Gasteiger partial charge is 0.303 e. The Balaban J connectivity index is 0. The Morgan fingerprint density at radius 3 is 2.19 bits per heavy atom. The molecule has 204 valence electrons. The molecule has 0 atom stereocenters. The number of terminal acetylenes is 1. The molecule has 0 aromatic heterocycles. The Labute approximate surface area is 220 Å². The first-order valence-electron chi connectivity index (χ1n) is 12.7. The first kappa shape index (κ1) is 35.6. The van der Waals surface area contributed by atoms with Gasteiger partial charge in [0.2, 0.25) is 9.84 Å². The second kappa shape index (κ2) is 24.1. The molecule has 0 spiro atoms. The molecule has 0 aliphatic carbocycles. The number of carbonyl (C=O) groups is 1. The number of hydrogen-bond donors (Lipinski definition) is 2. The third kappa shape index (κ3) is 20.8. The molecule has 7 heteroatoms. The monoisotopic (exact) mass is 521 g/mol. The van der Waals surface area contributed by atoms with E-state index in [1.165, 1.54) is 0 Å². The van der Waals surface area contributed by atoms with Crippen LogP contribution in [0.15, 0.2) is 58.1 Å². The van der Waals surface area contributed by atoms with Gasteiger partial charge in [-0.05, 0) is 104 Å². The third-order valence-corrected chi connectivity index (χ3v) is 6.52. The van der Waals surface area contributed by atoms with Crippen molar-refractivity contribution in [3.05, 3.63) is 58.1 Å². The van der Waals surface area contributed by atoms with E-state index in [2.05, 4.69) is 17.7 Å². The molecule has 0 saturated carbocycles. The summed E-state index contributed by atoms with van der Waals surface area (Å²) in [7, 11) is -3.58. The summed E-state index contributed by atoms with van der Waals surface area (Å²) in [5.41, 5.74) is 0.926. The van der Waals surface area contributed by atoms with Gasteiger partial charge in [0, 0.05) is 6.42 Å². The van der Waals surface area contributed by atoms with Crippen LogP contribution < -0.4 is 5.32 Å². The fraction of sp³-hybridized carbons (Fsp3) is 0.552. The highest BCUT2D eigenvalue weighted by Crippen LogP contribution is 2.21. The molecule has 0 fully saturated rings. The van der Waals surface area contributed by atoms with Crippen molar-refractivity contribution in [2.45, 2.75) is 86.0 Å². The molecule has 2 N–H and O–H groups in total. The Morgan fingerprint density at radius 2 is 1.67 bits per heavy atom. The van der Waals surface area contributed by atoms with E-state index < -0.39 is 15.8 Å². The molecule has 0 aromatic carbocycles. The lowest BCUT2D eigenvalue weighted by Gasteiger charge is -2.07. The van der Waals surface area contributed by atoms with Crippen LogP contribution in [0.3, 0.4) is 0 Å². The van der Waals surface area contributed by atoms with E-state index in [-0.39, 0.29) is 16.2 Å². The summed E-state index contributed by atoms with van der Waals surface area (Å²) in [4.78, 5) is 11.0. The first-order chi connectivity index (χ1) is 17.2. The van der Waals surface area contributed by atoms with Gasteiger partial charge in [-0.25, -0.2) is 8.42 Å². The molecule has 0 aliphatic heterocycles. The largest absolute Gasteiger partial charge is 0.501 e. The summed E-state index contributed by atoms with van der Waals surface area (Å²) in [6, 6.07) is 0.